The van der Waals surface area contributed by atoms with Crippen molar-refractivity contribution in [1.82, 2.24) is 0 Å². The first-order chi connectivity index (χ1) is 7.31. The van der Waals surface area contributed by atoms with Crippen LogP contribution in [0.3, 0.4) is 0 Å². The molecule has 0 spiro atoms. The Kier molecular flexibility index (Phi) is 4.54. The van der Waals surface area contributed by atoms with E-state index in [1.54, 1.807) is 0 Å². The molecule has 0 nitrogen and oxygen atoms in total. The lowest BCUT2D eigenvalue weighted by atomic mass is 9.81. The van der Waals surface area contributed by atoms with Crippen LogP contribution in [-0.2, 0) is 0 Å². The fraction of sp³-hybridized carbons (Fsp3) is 1.00. The predicted molar refractivity (Wildman–Crippen MR) is 70.6 cm³/mol. The summed E-state index contributed by atoms with van der Waals surface area (Å²) in [5.74, 6) is 0.984. The third-order valence-electron chi connectivity index (χ3n) is 4.52. The molecule has 2 saturated carbocycles. The molecule has 0 N–H and O–H groups in total. The van der Waals surface area contributed by atoms with Gasteiger partial charge in [0, 0.05) is 4.32 Å². The number of alkyl halides is 1. The molecular formula is C14H25Br. The zero-order chi connectivity index (χ0) is 10.6. The first-order valence-electron chi connectivity index (χ1n) is 7.00. The highest BCUT2D eigenvalue weighted by Gasteiger charge is 2.36. The minimum atomic E-state index is 0.536. The van der Waals surface area contributed by atoms with Gasteiger partial charge in [0.15, 0.2) is 0 Å². The van der Waals surface area contributed by atoms with Crippen LogP contribution in [0, 0.1) is 5.92 Å². The second kappa shape index (κ2) is 5.70. The van der Waals surface area contributed by atoms with E-state index < -0.39 is 0 Å². The fourth-order valence-corrected chi connectivity index (χ4v) is 4.54. The van der Waals surface area contributed by atoms with Crippen LogP contribution in [-0.4, -0.2) is 4.32 Å². The van der Waals surface area contributed by atoms with E-state index in [9.17, 15) is 0 Å². The Labute approximate surface area is 103 Å². The lowest BCUT2D eigenvalue weighted by Crippen LogP contribution is -2.30. The molecule has 0 bridgehead atoms. The first-order valence-corrected chi connectivity index (χ1v) is 7.79. The van der Waals surface area contributed by atoms with E-state index in [1.165, 1.54) is 77.0 Å². The number of hydrogen-bond acceptors (Lipinski definition) is 0. The summed E-state index contributed by atoms with van der Waals surface area (Å²) in [6, 6.07) is 0. The Balaban J connectivity index is 1.97. The van der Waals surface area contributed by atoms with Crippen LogP contribution in [0.25, 0.3) is 0 Å². The molecule has 2 rings (SSSR count). The van der Waals surface area contributed by atoms with E-state index in [-0.39, 0.29) is 0 Å². The Morgan fingerprint density at radius 1 is 0.667 bits per heavy atom. The minimum absolute atomic E-state index is 0.536. The van der Waals surface area contributed by atoms with Crippen molar-refractivity contribution in [2.45, 2.75) is 81.4 Å². The quantitative estimate of drug-likeness (QED) is 0.440. The Hall–Kier alpha value is 0.480. The van der Waals surface area contributed by atoms with Crippen LogP contribution in [0.1, 0.15) is 77.0 Å². The van der Waals surface area contributed by atoms with Crippen molar-refractivity contribution in [2.75, 3.05) is 0 Å². The SMILES string of the molecule is BrC1(C2CCCCCC2)CCCCCC1. The van der Waals surface area contributed by atoms with Crippen molar-refractivity contribution in [3.8, 4) is 0 Å². The molecule has 0 heterocycles. The smallest absolute Gasteiger partial charge is 0.0286 e. The molecule has 1 heteroatoms. The summed E-state index contributed by atoms with van der Waals surface area (Å²) < 4.78 is 0.536. The third kappa shape index (κ3) is 3.22. The van der Waals surface area contributed by atoms with Gasteiger partial charge in [-0.15, -0.1) is 0 Å². The van der Waals surface area contributed by atoms with Gasteiger partial charge in [0.25, 0.3) is 0 Å². The summed E-state index contributed by atoms with van der Waals surface area (Å²) in [4.78, 5) is 0. The molecule has 0 aromatic rings. The van der Waals surface area contributed by atoms with Crippen molar-refractivity contribution in [2.24, 2.45) is 5.92 Å². The van der Waals surface area contributed by atoms with E-state index in [2.05, 4.69) is 15.9 Å². The van der Waals surface area contributed by atoms with E-state index in [4.69, 9.17) is 0 Å². The van der Waals surface area contributed by atoms with Crippen LogP contribution in [0.4, 0.5) is 0 Å². The highest BCUT2D eigenvalue weighted by atomic mass is 79.9. The molecule has 88 valence electrons. The van der Waals surface area contributed by atoms with Gasteiger partial charge in [-0.25, -0.2) is 0 Å². The zero-order valence-electron chi connectivity index (χ0n) is 9.94. The minimum Gasteiger partial charge on any atom is -0.0850 e. The average Bonchev–Trinajstić information content (AvgIpc) is 2.60. The van der Waals surface area contributed by atoms with Gasteiger partial charge in [0.1, 0.15) is 0 Å². The second-order valence-corrected chi connectivity index (χ2v) is 7.22. The molecule has 2 aliphatic rings. The van der Waals surface area contributed by atoms with Gasteiger partial charge in [-0.3, -0.25) is 0 Å². The molecule has 15 heavy (non-hydrogen) atoms. The van der Waals surface area contributed by atoms with Gasteiger partial charge in [0.2, 0.25) is 0 Å². The van der Waals surface area contributed by atoms with Crippen molar-refractivity contribution < 1.29 is 0 Å². The van der Waals surface area contributed by atoms with Gasteiger partial charge < -0.3 is 0 Å². The Morgan fingerprint density at radius 2 is 1.13 bits per heavy atom. The molecule has 0 atom stereocenters. The van der Waals surface area contributed by atoms with Crippen LogP contribution < -0.4 is 0 Å². The van der Waals surface area contributed by atoms with Gasteiger partial charge >= 0.3 is 0 Å². The number of rotatable bonds is 1. The number of hydrogen-bond donors (Lipinski definition) is 0. The molecule has 2 aliphatic carbocycles. The van der Waals surface area contributed by atoms with Crippen molar-refractivity contribution in [3.63, 3.8) is 0 Å². The van der Waals surface area contributed by atoms with Crippen LogP contribution in [0.2, 0.25) is 0 Å². The lowest BCUT2D eigenvalue weighted by molar-refractivity contribution is 0.314. The summed E-state index contributed by atoms with van der Waals surface area (Å²) in [5, 5.41) is 0. The molecule has 0 radical (unpaired) electrons. The Morgan fingerprint density at radius 3 is 1.67 bits per heavy atom. The topological polar surface area (TPSA) is 0 Å². The van der Waals surface area contributed by atoms with Gasteiger partial charge in [-0.2, -0.15) is 0 Å². The second-order valence-electron chi connectivity index (χ2n) is 5.64. The maximum absolute atomic E-state index is 4.14. The Bertz CT molecular complexity index is 172. The van der Waals surface area contributed by atoms with Gasteiger partial charge in [-0.05, 0) is 31.6 Å². The molecule has 0 aromatic heterocycles. The molecule has 0 unspecified atom stereocenters. The highest BCUT2D eigenvalue weighted by molar-refractivity contribution is 9.10. The molecular weight excluding hydrogens is 248 g/mol. The van der Waals surface area contributed by atoms with E-state index in [0.717, 1.165) is 5.92 Å². The van der Waals surface area contributed by atoms with Crippen molar-refractivity contribution >= 4 is 15.9 Å². The van der Waals surface area contributed by atoms with Crippen molar-refractivity contribution in [3.05, 3.63) is 0 Å². The summed E-state index contributed by atoms with van der Waals surface area (Å²) in [5.41, 5.74) is 0. The first kappa shape index (κ1) is 12.0. The van der Waals surface area contributed by atoms with E-state index >= 15 is 0 Å². The van der Waals surface area contributed by atoms with E-state index in [1.807, 2.05) is 0 Å². The van der Waals surface area contributed by atoms with Gasteiger partial charge in [-0.1, -0.05) is 67.3 Å². The molecule has 0 saturated heterocycles. The third-order valence-corrected chi connectivity index (χ3v) is 5.96. The monoisotopic (exact) mass is 272 g/mol. The highest BCUT2D eigenvalue weighted by Crippen LogP contribution is 2.45. The summed E-state index contributed by atoms with van der Waals surface area (Å²) in [7, 11) is 0. The largest absolute Gasteiger partial charge is 0.0850 e. The van der Waals surface area contributed by atoms with Crippen LogP contribution in [0.5, 0.6) is 0 Å². The van der Waals surface area contributed by atoms with Crippen LogP contribution in [0.15, 0.2) is 0 Å². The zero-order valence-corrected chi connectivity index (χ0v) is 11.5. The molecule has 2 fully saturated rings. The normalized spacial score (nSPS) is 29.4. The molecule has 0 aromatic carbocycles. The summed E-state index contributed by atoms with van der Waals surface area (Å²) in [6.07, 6.45) is 17.7. The maximum atomic E-state index is 4.14. The summed E-state index contributed by atoms with van der Waals surface area (Å²) >= 11 is 4.14. The maximum Gasteiger partial charge on any atom is 0.0286 e. The summed E-state index contributed by atoms with van der Waals surface area (Å²) in [6.45, 7) is 0. The standard InChI is InChI=1S/C14H25Br/c15-14(11-7-3-4-8-12-14)13-9-5-1-2-6-10-13/h13H,1-12H2. The molecule has 0 aliphatic heterocycles. The fourth-order valence-electron chi connectivity index (χ4n) is 3.52. The average molecular weight is 273 g/mol. The predicted octanol–water partition coefficient (Wildman–Crippen LogP) is 5.44. The van der Waals surface area contributed by atoms with E-state index in [0.29, 0.717) is 4.32 Å². The number of halogens is 1. The van der Waals surface area contributed by atoms with Crippen molar-refractivity contribution in [1.29, 1.82) is 0 Å². The lowest BCUT2D eigenvalue weighted by Gasteiger charge is -2.35. The van der Waals surface area contributed by atoms with Gasteiger partial charge in [0.05, 0.1) is 0 Å². The van der Waals surface area contributed by atoms with Crippen LogP contribution >= 0.6 is 15.9 Å². The molecule has 0 amide bonds.